The molecule has 11 heteroatoms. The Morgan fingerprint density at radius 3 is 2.66 bits per heavy atom. The van der Waals surface area contributed by atoms with E-state index in [1.165, 1.54) is 0 Å². The number of halogens is 3. The number of tetrazole rings is 1. The van der Waals surface area contributed by atoms with Crippen LogP contribution in [0, 0.1) is 0 Å². The molecule has 0 fully saturated rings. The van der Waals surface area contributed by atoms with Gasteiger partial charge in [0, 0.05) is 28.9 Å². The SMILES string of the molecule is COc1ccc(Br)c(CNCCSc2nnnn2-c2ccccc2)c1OCc1ccc(Cl)c(Cl)c1. The highest BCUT2D eigenvalue weighted by atomic mass is 79.9. The van der Waals surface area contributed by atoms with E-state index in [2.05, 4.69) is 36.8 Å². The van der Waals surface area contributed by atoms with Gasteiger partial charge in [0.15, 0.2) is 11.5 Å². The summed E-state index contributed by atoms with van der Waals surface area (Å²) < 4.78 is 14.4. The average molecular weight is 595 g/mol. The van der Waals surface area contributed by atoms with E-state index in [9.17, 15) is 0 Å². The predicted molar refractivity (Wildman–Crippen MR) is 143 cm³/mol. The fourth-order valence-electron chi connectivity index (χ4n) is 3.28. The molecule has 0 unspecified atom stereocenters. The van der Waals surface area contributed by atoms with Crippen molar-refractivity contribution in [1.29, 1.82) is 0 Å². The minimum atomic E-state index is 0.328. The van der Waals surface area contributed by atoms with E-state index < -0.39 is 0 Å². The molecule has 182 valence electrons. The van der Waals surface area contributed by atoms with Gasteiger partial charge in [-0.2, -0.15) is 4.68 Å². The first-order valence-corrected chi connectivity index (χ1v) is 13.2. The van der Waals surface area contributed by atoms with Gasteiger partial charge >= 0.3 is 0 Å². The first kappa shape index (κ1) is 25.8. The highest BCUT2D eigenvalue weighted by Crippen LogP contribution is 2.37. The number of nitrogens with zero attached hydrogens (tertiary/aromatic N) is 4. The summed E-state index contributed by atoms with van der Waals surface area (Å²) in [4.78, 5) is 0. The van der Waals surface area contributed by atoms with Crippen LogP contribution in [0.1, 0.15) is 11.1 Å². The van der Waals surface area contributed by atoms with Crippen molar-refractivity contribution in [1.82, 2.24) is 25.5 Å². The summed E-state index contributed by atoms with van der Waals surface area (Å²) in [6, 6.07) is 19.1. The van der Waals surface area contributed by atoms with Crippen molar-refractivity contribution in [2.24, 2.45) is 0 Å². The van der Waals surface area contributed by atoms with Crippen molar-refractivity contribution >= 4 is 50.9 Å². The third-order valence-corrected chi connectivity index (χ3v) is 7.41. The van der Waals surface area contributed by atoms with Crippen LogP contribution in [0.25, 0.3) is 5.69 Å². The van der Waals surface area contributed by atoms with Crippen LogP contribution in [0.5, 0.6) is 11.5 Å². The standard InChI is InChI=1S/C24H22BrCl2N5O2S/c1-33-22-10-8-19(25)18(23(22)34-15-16-7-9-20(26)21(27)13-16)14-28-11-12-35-24-29-30-31-32(24)17-5-3-2-4-6-17/h2-10,13,28H,11-12,14-15H2,1H3. The summed E-state index contributed by atoms with van der Waals surface area (Å²) in [7, 11) is 1.63. The Morgan fingerprint density at radius 1 is 1.06 bits per heavy atom. The first-order chi connectivity index (χ1) is 17.1. The largest absolute Gasteiger partial charge is 0.493 e. The van der Waals surface area contributed by atoms with Crippen molar-refractivity contribution in [2.75, 3.05) is 19.4 Å². The molecule has 0 aliphatic rings. The topological polar surface area (TPSA) is 74.1 Å². The smallest absolute Gasteiger partial charge is 0.214 e. The van der Waals surface area contributed by atoms with E-state index in [1.54, 1.807) is 35.7 Å². The number of aromatic nitrogens is 4. The normalized spacial score (nSPS) is 11.0. The summed E-state index contributed by atoms with van der Waals surface area (Å²) in [6.45, 7) is 1.65. The quantitative estimate of drug-likeness (QED) is 0.164. The number of benzene rings is 3. The molecule has 0 radical (unpaired) electrons. The molecular formula is C24H22BrCl2N5O2S. The second-order valence-corrected chi connectivity index (χ2v) is 10.1. The van der Waals surface area contributed by atoms with Gasteiger partial charge in [-0.15, -0.1) is 5.10 Å². The molecule has 4 aromatic rings. The van der Waals surface area contributed by atoms with Crippen LogP contribution in [0.3, 0.4) is 0 Å². The number of hydrogen-bond donors (Lipinski definition) is 1. The minimum absolute atomic E-state index is 0.328. The summed E-state index contributed by atoms with van der Waals surface area (Å²) in [5.41, 5.74) is 2.80. The molecule has 0 saturated carbocycles. The molecule has 1 aromatic heterocycles. The monoisotopic (exact) mass is 593 g/mol. The Bertz CT molecular complexity index is 1280. The average Bonchev–Trinajstić information content (AvgIpc) is 3.35. The number of methoxy groups -OCH3 is 1. The number of thioether (sulfide) groups is 1. The fourth-order valence-corrected chi connectivity index (χ4v) is 4.84. The van der Waals surface area contributed by atoms with Gasteiger partial charge in [0.25, 0.3) is 0 Å². The zero-order valence-corrected chi connectivity index (χ0v) is 22.7. The molecule has 35 heavy (non-hydrogen) atoms. The van der Waals surface area contributed by atoms with Crippen molar-refractivity contribution in [3.8, 4) is 17.2 Å². The van der Waals surface area contributed by atoms with E-state index in [-0.39, 0.29) is 0 Å². The molecule has 0 aliphatic heterocycles. The van der Waals surface area contributed by atoms with E-state index in [1.807, 2.05) is 48.5 Å². The summed E-state index contributed by atoms with van der Waals surface area (Å²) in [6.07, 6.45) is 0. The van der Waals surface area contributed by atoms with Crippen LogP contribution in [0.2, 0.25) is 10.0 Å². The fraction of sp³-hybridized carbons (Fsp3) is 0.208. The zero-order chi connectivity index (χ0) is 24.6. The van der Waals surface area contributed by atoms with Crippen LogP contribution >= 0.6 is 50.9 Å². The first-order valence-electron chi connectivity index (χ1n) is 10.7. The molecule has 0 aliphatic carbocycles. The molecule has 0 saturated heterocycles. The van der Waals surface area contributed by atoms with E-state index >= 15 is 0 Å². The molecular weight excluding hydrogens is 573 g/mol. The number of hydrogen-bond acceptors (Lipinski definition) is 7. The van der Waals surface area contributed by atoms with Gasteiger partial charge in [-0.25, -0.2) is 0 Å². The lowest BCUT2D eigenvalue weighted by Crippen LogP contribution is -2.18. The van der Waals surface area contributed by atoms with Gasteiger partial charge in [-0.05, 0) is 52.4 Å². The Labute approximate surface area is 226 Å². The highest BCUT2D eigenvalue weighted by molar-refractivity contribution is 9.10. The molecule has 7 nitrogen and oxygen atoms in total. The van der Waals surface area contributed by atoms with E-state index in [0.717, 1.165) is 38.7 Å². The molecule has 0 atom stereocenters. The molecule has 0 bridgehead atoms. The summed E-state index contributed by atoms with van der Waals surface area (Å²) in [5, 5.41) is 17.3. The van der Waals surface area contributed by atoms with Crippen LogP contribution in [0.15, 0.2) is 70.3 Å². The van der Waals surface area contributed by atoms with Crippen molar-refractivity contribution < 1.29 is 9.47 Å². The van der Waals surface area contributed by atoms with Crippen molar-refractivity contribution in [3.63, 3.8) is 0 Å². The lowest BCUT2D eigenvalue weighted by atomic mass is 10.1. The Balaban J connectivity index is 1.37. The maximum Gasteiger partial charge on any atom is 0.214 e. The van der Waals surface area contributed by atoms with Gasteiger partial charge in [-0.1, -0.05) is 75.2 Å². The van der Waals surface area contributed by atoms with Crippen LogP contribution in [-0.4, -0.2) is 39.6 Å². The minimum Gasteiger partial charge on any atom is -0.493 e. The molecule has 0 amide bonds. The van der Waals surface area contributed by atoms with Gasteiger partial charge in [0.05, 0.1) is 22.8 Å². The molecule has 1 heterocycles. The number of nitrogens with one attached hydrogen (secondary N) is 1. The van der Waals surface area contributed by atoms with Gasteiger partial charge < -0.3 is 14.8 Å². The van der Waals surface area contributed by atoms with Gasteiger partial charge in [0.2, 0.25) is 5.16 Å². The lowest BCUT2D eigenvalue weighted by Gasteiger charge is -2.17. The van der Waals surface area contributed by atoms with Crippen molar-refractivity contribution in [3.05, 3.63) is 86.3 Å². The maximum absolute atomic E-state index is 6.17. The van der Waals surface area contributed by atoms with Crippen LogP contribution < -0.4 is 14.8 Å². The van der Waals surface area contributed by atoms with Gasteiger partial charge in [0.1, 0.15) is 6.61 Å². The van der Waals surface area contributed by atoms with Crippen molar-refractivity contribution in [2.45, 2.75) is 18.3 Å². The third-order valence-electron chi connectivity index (χ3n) is 5.01. The van der Waals surface area contributed by atoms with Crippen LogP contribution in [-0.2, 0) is 13.2 Å². The Morgan fingerprint density at radius 2 is 1.89 bits per heavy atom. The van der Waals surface area contributed by atoms with E-state index in [0.29, 0.717) is 34.7 Å². The molecule has 0 spiro atoms. The lowest BCUT2D eigenvalue weighted by molar-refractivity contribution is 0.280. The molecule has 1 N–H and O–H groups in total. The zero-order valence-electron chi connectivity index (χ0n) is 18.7. The predicted octanol–water partition coefficient (Wildman–Crippen LogP) is 6.20. The second kappa shape index (κ2) is 12.6. The number of ether oxygens (including phenoxy) is 2. The van der Waals surface area contributed by atoms with Gasteiger partial charge in [-0.3, -0.25) is 0 Å². The number of rotatable bonds is 11. The second-order valence-electron chi connectivity index (χ2n) is 7.33. The third kappa shape index (κ3) is 6.68. The summed E-state index contributed by atoms with van der Waals surface area (Å²) >= 11 is 17.4. The van der Waals surface area contributed by atoms with Crippen LogP contribution in [0.4, 0.5) is 0 Å². The number of para-hydroxylation sites is 1. The molecule has 3 aromatic carbocycles. The Kier molecular flexibility index (Phi) is 9.28. The molecule has 4 rings (SSSR count). The summed E-state index contributed by atoms with van der Waals surface area (Å²) in [5.74, 6) is 2.11. The maximum atomic E-state index is 6.17. The van der Waals surface area contributed by atoms with E-state index in [4.69, 9.17) is 32.7 Å². The highest BCUT2D eigenvalue weighted by Gasteiger charge is 2.15. The Hall–Kier alpha value is -2.30.